The maximum Gasteiger partial charge on any atom is 0.293 e. The van der Waals surface area contributed by atoms with Gasteiger partial charge in [-0.15, -0.1) is 0 Å². The Morgan fingerprint density at radius 3 is 2.57 bits per heavy atom. The lowest BCUT2D eigenvalue weighted by molar-refractivity contribution is -0.146. The van der Waals surface area contributed by atoms with Crippen molar-refractivity contribution >= 4 is 51.8 Å². The summed E-state index contributed by atoms with van der Waals surface area (Å²) in [5.74, 6) is -0.935. The lowest BCUT2D eigenvalue weighted by Gasteiger charge is -2.38. The summed E-state index contributed by atoms with van der Waals surface area (Å²) in [5.41, 5.74) is 1.61. The number of fused-ring (bicyclic) bond motifs is 1. The lowest BCUT2D eigenvalue weighted by Crippen LogP contribution is -2.49. The molecule has 1 saturated heterocycles. The number of halogens is 1. The first kappa shape index (κ1) is 23.3. The predicted octanol–water partition coefficient (Wildman–Crippen LogP) is 4.09. The van der Waals surface area contributed by atoms with Crippen molar-refractivity contribution < 1.29 is 23.5 Å². The molecule has 0 radical (unpaired) electrons. The third-order valence-electron chi connectivity index (χ3n) is 6.53. The Bertz CT molecular complexity index is 1250. The van der Waals surface area contributed by atoms with Gasteiger partial charge in [-0.05, 0) is 62.1 Å². The topological polar surface area (TPSA) is 114 Å². The van der Waals surface area contributed by atoms with Gasteiger partial charge in [0.15, 0.2) is 5.58 Å². The van der Waals surface area contributed by atoms with Crippen LogP contribution in [0.3, 0.4) is 0 Å². The second-order valence-electron chi connectivity index (χ2n) is 8.75. The fourth-order valence-electron chi connectivity index (χ4n) is 4.72. The van der Waals surface area contributed by atoms with Crippen LogP contribution in [-0.4, -0.2) is 53.4 Å². The number of benzene rings is 1. The fraction of sp³-hybridized carbons (Fsp3) is 0.360. The number of morpholine rings is 1. The van der Waals surface area contributed by atoms with E-state index in [1.54, 1.807) is 42.6 Å². The number of ether oxygens (including phenoxy) is 1. The van der Waals surface area contributed by atoms with Gasteiger partial charge >= 0.3 is 0 Å². The van der Waals surface area contributed by atoms with E-state index in [0.29, 0.717) is 47.8 Å². The summed E-state index contributed by atoms with van der Waals surface area (Å²) < 4.78 is 11.0. The molecule has 3 amide bonds. The molecule has 35 heavy (non-hydrogen) atoms. The van der Waals surface area contributed by atoms with Gasteiger partial charge < -0.3 is 24.7 Å². The second-order valence-corrected chi connectivity index (χ2v) is 9.19. The molecule has 2 aliphatic rings. The van der Waals surface area contributed by atoms with Gasteiger partial charge in [-0.3, -0.25) is 19.4 Å². The molecular formula is C25H25ClN4O5. The maximum absolute atomic E-state index is 13.2. The first-order valence-electron chi connectivity index (χ1n) is 11.6. The quantitative estimate of drug-likeness (QED) is 0.550. The van der Waals surface area contributed by atoms with Crippen LogP contribution < -0.4 is 10.6 Å². The molecule has 1 aliphatic heterocycles. The smallest absolute Gasteiger partial charge is 0.293 e. The third-order valence-corrected chi connectivity index (χ3v) is 6.79. The number of carbonyl (C=O) groups is 3. The number of rotatable bonds is 5. The predicted molar refractivity (Wildman–Crippen MR) is 130 cm³/mol. The number of pyridine rings is 1. The number of amides is 3. The summed E-state index contributed by atoms with van der Waals surface area (Å²) >= 11 is 5.92. The van der Waals surface area contributed by atoms with Crippen LogP contribution in [0.4, 0.5) is 11.4 Å². The standard InChI is InChI=1S/C25H25ClN4O5/c26-16-5-7-17(8-6-16)28-25(33)23-22(21-19(35-23)2-1-11-27-21)29-24(32)15-3-9-18(10-4-15)30-12-13-34-14-20(30)31/h1-2,5-8,11,15,18H,3-4,9-10,12-14H2,(H,28,33)(H,29,32)/t15-,18-. The van der Waals surface area contributed by atoms with E-state index < -0.39 is 5.91 Å². The van der Waals surface area contributed by atoms with E-state index in [1.165, 1.54) is 0 Å². The Hall–Kier alpha value is -3.43. The van der Waals surface area contributed by atoms with Crippen molar-refractivity contribution in [2.24, 2.45) is 5.92 Å². The molecule has 2 aromatic heterocycles. The molecule has 3 aromatic rings. The number of carbonyl (C=O) groups excluding carboxylic acids is 3. The second kappa shape index (κ2) is 10.1. The zero-order valence-corrected chi connectivity index (χ0v) is 19.7. The van der Waals surface area contributed by atoms with Crippen LogP contribution in [0.1, 0.15) is 36.2 Å². The Labute approximate surface area is 206 Å². The van der Waals surface area contributed by atoms with E-state index >= 15 is 0 Å². The van der Waals surface area contributed by atoms with E-state index in [0.717, 1.165) is 12.8 Å². The lowest BCUT2D eigenvalue weighted by atomic mass is 9.84. The Morgan fingerprint density at radius 1 is 1.06 bits per heavy atom. The molecule has 3 heterocycles. The monoisotopic (exact) mass is 496 g/mol. The molecule has 1 aliphatic carbocycles. The van der Waals surface area contributed by atoms with Crippen molar-refractivity contribution in [2.45, 2.75) is 31.7 Å². The summed E-state index contributed by atoms with van der Waals surface area (Å²) in [6.07, 6.45) is 4.38. The Morgan fingerprint density at radius 2 is 1.83 bits per heavy atom. The molecule has 5 rings (SSSR count). The highest BCUT2D eigenvalue weighted by molar-refractivity contribution is 6.30. The summed E-state index contributed by atoms with van der Waals surface area (Å²) in [6.45, 7) is 1.27. The maximum atomic E-state index is 13.2. The van der Waals surface area contributed by atoms with Crippen LogP contribution in [0.5, 0.6) is 0 Å². The van der Waals surface area contributed by atoms with Crippen molar-refractivity contribution in [2.75, 3.05) is 30.4 Å². The highest BCUT2D eigenvalue weighted by atomic mass is 35.5. The average Bonchev–Trinajstić information content (AvgIpc) is 3.24. The van der Waals surface area contributed by atoms with E-state index in [9.17, 15) is 14.4 Å². The summed E-state index contributed by atoms with van der Waals surface area (Å²) in [6, 6.07) is 10.2. The number of nitrogens with zero attached hydrogens (tertiary/aromatic N) is 2. The van der Waals surface area contributed by atoms with Gasteiger partial charge in [-0.2, -0.15) is 0 Å². The molecule has 2 fully saturated rings. The minimum atomic E-state index is -0.504. The van der Waals surface area contributed by atoms with Crippen molar-refractivity contribution in [1.29, 1.82) is 0 Å². The summed E-state index contributed by atoms with van der Waals surface area (Å²) in [5, 5.41) is 6.22. The molecule has 1 saturated carbocycles. The van der Waals surface area contributed by atoms with E-state index in [-0.39, 0.29) is 41.8 Å². The zero-order valence-electron chi connectivity index (χ0n) is 19.0. The largest absolute Gasteiger partial charge is 0.447 e. The van der Waals surface area contributed by atoms with E-state index in [4.69, 9.17) is 20.8 Å². The molecule has 9 nitrogen and oxygen atoms in total. The number of hydrogen-bond acceptors (Lipinski definition) is 6. The van der Waals surface area contributed by atoms with Crippen LogP contribution in [0.25, 0.3) is 11.1 Å². The molecule has 2 N–H and O–H groups in total. The molecule has 10 heteroatoms. The van der Waals surface area contributed by atoms with Crippen molar-refractivity contribution in [3.05, 3.63) is 53.4 Å². The van der Waals surface area contributed by atoms with Crippen LogP contribution in [0, 0.1) is 5.92 Å². The van der Waals surface area contributed by atoms with Crippen molar-refractivity contribution in [3.63, 3.8) is 0 Å². The van der Waals surface area contributed by atoms with Crippen molar-refractivity contribution in [1.82, 2.24) is 9.88 Å². The van der Waals surface area contributed by atoms with Gasteiger partial charge in [0.25, 0.3) is 5.91 Å². The first-order valence-corrected chi connectivity index (χ1v) is 12.0. The van der Waals surface area contributed by atoms with Gasteiger partial charge in [-0.25, -0.2) is 0 Å². The van der Waals surface area contributed by atoms with Gasteiger partial charge in [0.1, 0.15) is 17.8 Å². The van der Waals surface area contributed by atoms with Crippen LogP contribution in [0.2, 0.25) is 5.02 Å². The fourth-order valence-corrected chi connectivity index (χ4v) is 4.84. The average molecular weight is 497 g/mol. The normalized spacial score (nSPS) is 20.6. The minimum absolute atomic E-state index is 0.0106. The molecule has 1 aromatic carbocycles. The van der Waals surface area contributed by atoms with Gasteiger partial charge in [0.2, 0.25) is 17.6 Å². The number of hydrogen-bond donors (Lipinski definition) is 2. The number of furan rings is 1. The minimum Gasteiger partial charge on any atom is -0.447 e. The van der Waals surface area contributed by atoms with E-state index in [2.05, 4.69) is 15.6 Å². The number of nitrogens with one attached hydrogen (secondary N) is 2. The van der Waals surface area contributed by atoms with Crippen LogP contribution >= 0.6 is 11.6 Å². The molecular weight excluding hydrogens is 472 g/mol. The molecule has 0 spiro atoms. The molecule has 0 bridgehead atoms. The van der Waals surface area contributed by atoms with Crippen LogP contribution in [-0.2, 0) is 14.3 Å². The highest BCUT2D eigenvalue weighted by Gasteiger charge is 2.34. The van der Waals surface area contributed by atoms with Gasteiger partial charge in [0.05, 0.1) is 6.61 Å². The first-order chi connectivity index (χ1) is 17.0. The third kappa shape index (κ3) is 5.01. The van der Waals surface area contributed by atoms with Crippen molar-refractivity contribution in [3.8, 4) is 0 Å². The van der Waals surface area contributed by atoms with Gasteiger partial charge in [0, 0.05) is 35.4 Å². The summed E-state index contributed by atoms with van der Waals surface area (Å²) in [4.78, 5) is 44.6. The molecule has 0 unspecified atom stereocenters. The Balaban J connectivity index is 1.30. The number of anilines is 2. The van der Waals surface area contributed by atoms with Gasteiger partial charge in [-0.1, -0.05) is 11.6 Å². The zero-order chi connectivity index (χ0) is 24.4. The van der Waals surface area contributed by atoms with E-state index in [1.807, 2.05) is 4.90 Å². The Kier molecular flexibility index (Phi) is 6.70. The highest BCUT2D eigenvalue weighted by Crippen LogP contribution is 2.33. The number of aromatic nitrogens is 1. The molecule has 0 atom stereocenters. The summed E-state index contributed by atoms with van der Waals surface area (Å²) in [7, 11) is 0. The van der Waals surface area contributed by atoms with Crippen LogP contribution in [0.15, 0.2) is 47.0 Å². The SMILES string of the molecule is O=C(Nc1ccc(Cl)cc1)c1oc2cccnc2c1NC(=O)[C@H]1CC[C@H](N2CCOCC2=O)CC1. The molecule has 182 valence electrons.